The molecule has 0 aromatic heterocycles. The molecule has 0 bridgehead atoms. The number of rotatable bonds is 7. The molecule has 0 atom stereocenters. The second kappa shape index (κ2) is 7.56. The van der Waals surface area contributed by atoms with E-state index < -0.39 is 0 Å². The molecule has 0 N–H and O–H groups in total. The van der Waals surface area contributed by atoms with Crippen LogP contribution in [0.1, 0.15) is 27.7 Å². The predicted octanol–water partition coefficient (Wildman–Crippen LogP) is 2.33. The van der Waals surface area contributed by atoms with E-state index in [2.05, 4.69) is 27.7 Å². The van der Waals surface area contributed by atoms with Crippen molar-refractivity contribution in [2.45, 2.75) is 27.7 Å². The molecular weight excluding hydrogens is 152 g/mol. The summed E-state index contributed by atoms with van der Waals surface area (Å²) < 4.78 is 10.7. The van der Waals surface area contributed by atoms with Crippen LogP contribution < -0.4 is 0 Å². The lowest BCUT2D eigenvalue weighted by atomic mass is 10.2. The van der Waals surface area contributed by atoms with Gasteiger partial charge in [-0.3, -0.25) is 0 Å². The topological polar surface area (TPSA) is 18.5 Å². The van der Waals surface area contributed by atoms with Crippen LogP contribution in [0.2, 0.25) is 0 Å². The average molecular weight is 174 g/mol. The van der Waals surface area contributed by atoms with E-state index in [-0.39, 0.29) is 0 Å². The van der Waals surface area contributed by atoms with Gasteiger partial charge in [-0.2, -0.15) is 0 Å². The van der Waals surface area contributed by atoms with Gasteiger partial charge < -0.3 is 9.47 Å². The molecule has 0 saturated carbocycles. The third-order valence-corrected chi connectivity index (χ3v) is 1.27. The molecule has 2 heteroatoms. The molecule has 0 aliphatic carbocycles. The van der Waals surface area contributed by atoms with E-state index in [0.29, 0.717) is 11.8 Å². The summed E-state index contributed by atoms with van der Waals surface area (Å²) in [5.41, 5.74) is 0. The van der Waals surface area contributed by atoms with Crippen LogP contribution in [0.4, 0.5) is 0 Å². The van der Waals surface area contributed by atoms with E-state index in [0.717, 1.165) is 26.4 Å². The Morgan fingerprint density at radius 3 is 1.33 bits per heavy atom. The van der Waals surface area contributed by atoms with Gasteiger partial charge in [0.15, 0.2) is 0 Å². The Balaban J connectivity index is 2.91. The summed E-state index contributed by atoms with van der Waals surface area (Å²) in [4.78, 5) is 0. The summed E-state index contributed by atoms with van der Waals surface area (Å²) in [6, 6.07) is 0. The van der Waals surface area contributed by atoms with Gasteiger partial charge in [-0.15, -0.1) is 0 Å². The lowest BCUT2D eigenvalue weighted by Crippen LogP contribution is -2.10. The summed E-state index contributed by atoms with van der Waals surface area (Å²) in [6.07, 6.45) is 0. The second-order valence-electron chi connectivity index (χ2n) is 3.94. The van der Waals surface area contributed by atoms with E-state index in [1.165, 1.54) is 0 Å². The number of ether oxygens (including phenoxy) is 2. The van der Waals surface area contributed by atoms with Crippen molar-refractivity contribution in [2.24, 2.45) is 11.8 Å². The van der Waals surface area contributed by atoms with Gasteiger partial charge in [0.2, 0.25) is 0 Å². The van der Waals surface area contributed by atoms with Gasteiger partial charge >= 0.3 is 0 Å². The first kappa shape index (κ1) is 11.9. The molecule has 0 fully saturated rings. The largest absolute Gasteiger partial charge is 0.379 e. The van der Waals surface area contributed by atoms with E-state index in [1.54, 1.807) is 0 Å². The van der Waals surface area contributed by atoms with Crippen LogP contribution in [0.3, 0.4) is 0 Å². The zero-order chi connectivity index (χ0) is 9.40. The summed E-state index contributed by atoms with van der Waals surface area (Å²) in [5, 5.41) is 0. The Morgan fingerprint density at radius 1 is 0.750 bits per heavy atom. The predicted molar refractivity (Wildman–Crippen MR) is 51.3 cm³/mol. The molecule has 0 radical (unpaired) electrons. The fraction of sp³-hybridized carbons (Fsp3) is 1.00. The molecule has 0 aliphatic heterocycles. The first-order valence-electron chi connectivity index (χ1n) is 4.78. The maximum Gasteiger partial charge on any atom is 0.0700 e. The van der Waals surface area contributed by atoms with Gasteiger partial charge in [0, 0.05) is 13.2 Å². The van der Waals surface area contributed by atoms with Crippen molar-refractivity contribution in [1.29, 1.82) is 0 Å². The fourth-order valence-electron chi connectivity index (χ4n) is 0.756. The van der Waals surface area contributed by atoms with Crippen LogP contribution in [0.25, 0.3) is 0 Å². The first-order valence-corrected chi connectivity index (χ1v) is 4.78. The first-order chi connectivity index (χ1) is 5.63. The van der Waals surface area contributed by atoms with Crippen molar-refractivity contribution >= 4 is 0 Å². The van der Waals surface area contributed by atoms with E-state index in [4.69, 9.17) is 9.47 Å². The molecule has 0 heterocycles. The normalized spacial score (nSPS) is 11.5. The van der Waals surface area contributed by atoms with Gasteiger partial charge in [0.25, 0.3) is 0 Å². The van der Waals surface area contributed by atoms with Crippen molar-refractivity contribution in [3.8, 4) is 0 Å². The molecule has 0 aliphatic rings. The second-order valence-corrected chi connectivity index (χ2v) is 3.94. The highest BCUT2D eigenvalue weighted by Gasteiger charge is 1.95. The minimum absolute atomic E-state index is 0.620. The van der Waals surface area contributed by atoms with Crippen molar-refractivity contribution in [3.05, 3.63) is 0 Å². The molecule has 0 unspecified atom stereocenters. The zero-order valence-corrected chi connectivity index (χ0v) is 8.80. The van der Waals surface area contributed by atoms with Gasteiger partial charge in [-0.05, 0) is 11.8 Å². The van der Waals surface area contributed by atoms with Gasteiger partial charge in [0.05, 0.1) is 13.2 Å². The highest BCUT2D eigenvalue weighted by molar-refractivity contribution is 4.41. The molecule has 12 heavy (non-hydrogen) atoms. The third kappa shape index (κ3) is 9.92. The Labute approximate surface area is 76.3 Å². The summed E-state index contributed by atoms with van der Waals surface area (Å²) in [6.45, 7) is 11.7. The van der Waals surface area contributed by atoms with Crippen LogP contribution in [-0.2, 0) is 9.47 Å². The highest BCUT2D eigenvalue weighted by Crippen LogP contribution is 1.94. The molecule has 2 nitrogen and oxygen atoms in total. The molecular formula is C10H22O2. The molecule has 0 spiro atoms. The van der Waals surface area contributed by atoms with E-state index in [9.17, 15) is 0 Å². The number of hydrogen-bond acceptors (Lipinski definition) is 2. The molecule has 0 amide bonds. The van der Waals surface area contributed by atoms with Crippen molar-refractivity contribution in [1.82, 2.24) is 0 Å². The maximum absolute atomic E-state index is 5.35. The van der Waals surface area contributed by atoms with Crippen LogP contribution in [0.5, 0.6) is 0 Å². The van der Waals surface area contributed by atoms with E-state index >= 15 is 0 Å². The smallest absolute Gasteiger partial charge is 0.0700 e. The zero-order valence-electron chi connectivity index (χ0n) is 8.80. The van der Waals surface area contributed by atoms with Crippen LogP contribution in [-0.4, -0.2) is 26.4 Å². The molecule has 0 aromatic rings. The summed E-state index contributed by atoms with van der Waals surface area (Å²) >= 11 is 0. The van der Waals surface area contributed by atoms with Crippen molar-refractivity contribution in [2.75, 3.05) is 26.4 Å². The standard InChI is InChI=1S/C10H22O2/c1-9(2)7-11-5-6-12-8-10(3)4/h9-10H,5-8H2,1-4H3. The lowest BCUT2D eigenvalue weighted by Gasteiger charge is -2.08. The molecule has 0 saturated heterocycles. The van der Waals surface area contributed by atoms with Crippen molar-refractivity contribution < 1.29 is 9.47 Å². The average Bonchev–Trinajstić information content (AvgIpc) is 1.95. The lowest BCUT2D eigenvalue weighted by molar-refractivity contribution is 0.0292. The van der Waals surface area contributed by atoms with Gasteiger partial charge in [-0.1, -0.05) is 27.7 Å². The quantitative estimate of drug-likeness (QED) is 0.551. The molecule has 0 aromatic carbocycles. The SMILES string of the molecule is CC(C)COCCOCC(C)C. The monoisotopic (exact) mass is 174 g/mol. The number of hydrogen-bond donors (Lipinski definition) is 0. The Morgan fingerprint density at radius 2 is 1.08 bits per heavy atom. The van der Waals surface area contributed by atoms with Crippen LogP contribution in [0.15, 0.2) is 0 Å². The van der Waals surface area contributed by atoms with Crippen LogP contribution in [0, 0.1) is 11.8 Å². The summed E-state index contributed by atoms with van der Waals surface area (Å²) in [7, 11) is 0. The molecule has 74 valence electrons. The van der Waals surface area contributed by atoms with Crippen LogP contribution >= 0.6 is 0 Å². The van der Waals surface area contributed by atoms with E-state index in [1.807, 2.05) is 0 Å². The minimum atomic E-state index is 0.620. The Kier molecular flexibility index (Phi) is 7.51. The Hall–Kier alpha value is -0.0800. The highest BCUT2D eigenvalue weighted by atomic mass is 16.5. The summed E-state index contributed by atoms with van der Waals surface area (Å²) in [5.74, 6) is 1.24. The fourth-order valence-corrected chi connectivity index (χ4v) is 0.756. The van der Waals surface area contributed by atoms with Gasteiger partial charge in [0.1, 0.15) is 0 Å². The Bertz CT molecular complexity index is 77.8. The van der Waals surface area contributed by atoms with Crippen molar-refractivity contribution in [3.63, 3.8) is 0 Å². The molecule has 0 rings (SSSR count). The minimum Gasteiger partial charge on any atom is -0.379 e. The maximum atomic E-state index is 5.35. The third-order valence-electron chi connectivity index (χ3n) is 1.27. The van der Waals surface area contributed by atoms with Gasteiger partial charge in [-0.25, -0.2) is 0 Å².